The molecule has 0 amide bonds. The molecule has 0 fully saturated rings. The Hall–Kier alpha value is -1.35. The lowest BCUT2D eigenvalue weighted by atomic mass is 9.91. The van der Waals surface area contributed by atoms with Gasteiger partial charge in [0.2, 0.25) is 0 Å². The maximum Gasteiger partial charge on any atom is 0.0572 e. The molecule has 21 heavy (non-hydrogen) atoms. The highest BCUT2D eigenvalue weighted by Gasteiger charge is 2.17. The smallest absolute Gasteiger partial charge is 0.0572 e. The van der Waals surface area contributed by atoms with E-state index in [1.165, 1.54) is 16.3 Å². The summed E-state index contributed by atoms with van der Waals surface area (Å²) in [5, 5.41) is 3.09. The fourth-order valence-corrected chi connectivity index (χ4v) is 3.40. The second-order valence-corrected chi connectivity index (χ2v) is 6.45. The van der Waals surface area contributed by atoms with Gasteiger partial charge < -0.3 is 5.73 Å². The van der Waals surface area contributed by atoms with Crippen LogP contribution in [0.5, 0.6) is 0 Å². The second-order valence-electron chi connectivity index (χ2n) is 5.16. The Balaban J connectivity index is 2.24. The van der Waals surface area contributed by atoms with E-state index in [1.54, 1.807) is 0 Å². The largest absolute Gasteiger partial charge is 0.320 e. The van der Waals surface area contributed by atoms with E-state index >= 15 is 0 Å². The Morgan fingerprint density at radius 1 is 1.05 bits per heavy atom. The molecule has 3 aromatic rings. The summed E-state index contributed by atoms with van der Waals surface area (Å²) in [5.41, 5.74) is 9.90. The van der Waals surface area contributed by atoms with Crippen molar-refractivity contribution in [1.29, 1.82) is 0 Å². The Bertz CT molecular complexity index is 813. The third-order valence-electron chi connectivity index (χ3n) is 3.79. The van der Waals surface area contributed by atoms with Gasteiger partial charge in [-0.3, -0.25) is 0 Å². The van der Waals surface area contributed by atoms with Gasteiger partial charge >= 0.3 is 0 Å². The van der Waals surface area contributed by atoms with Gasteiger partial charge in [-0.15, -0.1) is 0 Å². The third-order valence-corrected chi connectivity index (χ3v) is 4.75. The van der Waals surface area contributed by atoms with E-state index in [-0.39, 0.29) is 6.04 Å². The number of hydrogen-bond acceptors (Lipinski definition) is 1. The molecule has 1 atom stereocenters. The lowest BCUT2D eigenvalue weighted by molar-refractivity contribution is 0.866. The molecule has 0 heterocycles. The first-order chi connectivity index (χ1) is 10.1. The van der Waals surface area contributed by atoms with Gasteiger partial charge in [-0.1, -0.05) is 63.9 Å². The van der Waals surface area contributed by atoms with Crippen molar-refractivity contribution in [2.45, 2.75) is 13.0 Å². The van der Waals surface area contributed by atoms with Crippen LogP contribution in [0, 0.1) is 6.92 Å². The van der Waals surface area contributed by atoms with E-state index in [0.717, 1.165) is 15.6 Å². The molecule has 0 aliphatic rings. The van der Waals surface area contributed by atoms with E-state index < -0.39 is 0 Å². The molecule has 0 bridgehead atoms. The van der Waals surface area contributed by atoms with Crippen LogP contribution in [0.4, 0.5) is 0 Å². The molecule has 0 radical (unpaired) electrons. The lowest BCUT2D eigenvalue weighted by Gasteiger charge is -2.19. The summed E-state index contributed by atoms with van der Waals surface area (Å²) in [7, 11) is 0. The molecule has 0 aliphatic heterocycles. The first kappa shape index (κ1) is 14.6. The van der Waals surface area contributed by atoms with Crippen LogP contribution in [0.1, 0.15) is 22.7 Å². The van der Waals surface area contributed by atoms with Crippen molar-refractivity contribution in [2.75, 3.05) is 0 Å². The standard InChI is InChI=1S/C18H15BrClN/c1-11-6-7-12-4-2-3-5-14(12)17(11)18(21)15-10-13(20)8-9-16(15)19/h2-10,18H,21H2,1H3. The number of aryl methyl sites for hydroxylation is 1. The zero-order valence-corrected chi connectivity index (χ0v) is 13.9. The van der Waals surface area contributed by atoms with Gasteiger partial charge in [0, 0.05) is 9.50 Å². The van der Waals surface area contributed by atoms with Gasteiger partial charge in [-0.25, -0.2) is 0 Å². The molecule has 1 unspecified atom stereocenters. The third kappa shape index (κ3) is 2.71. The molecule has 3 rings (SSSR count). The van der Waals surface area contributed by atoms with Crippen LogP contribution >= 0.6 is 27.5 Å². The monoisotopic (exact) mass is 359 g/mol. The summed E-state index contributed by atoms with van der Waals surface area (Å²) in [5.74, 6) is 0. The van der Waals surface area contributed by atoms with Gasteiger partial charge in [0.1, 0.15) is 0 Å². The molecule has 0 spiro atoms. The first-order valence-corrected chi connectivity index (χ1v) is 7.94. The van der Waals surface area contributed by atoms with Gasteiger partial charge in [0.15, 0.2) is 0 Å². The van der Waals surface area contributed by atoms with Crippen LogP contribution in [0.15, 0.2) is 59.1 Å². The number of benzene rings is 3. The number of hydrogen-bond donors (Lipinski definition) is 1. The Morgan fingerprint density at radius 3 is 2.62 bits per heavy atom. The number of rotatable bonds is 2. The van der Waals surface area contributed by atoms with Crippen LogP contribution < -0.4 is 5.73 Å². The Labute approximate surface area is 137 Å². The highest BCUT2D eigenvalue weighted by Crippen LogP contribution is 2.34. The fraction of sp³-hybridized carbons (Fsp3) is 0.111. The highest BCUT2D eigenvalue weighted by atomic mass is 79.9. The van der Waals surface area contributed by atoms with Crippen LogP contribution in [0.3, 0.4) is 0 Å². The minimum absolute atomic E-state index is 0.218. The molecule has 0 aliphatic carbocycles. The normalized spacial score (nSPS) is 12.6. The molecule has 106 valence electrons. The number of halogens is 2. The van der Waals surface area contributed by atoms with Crippen molar-refractivity contribution in [3.8, 4) is 0 Å². The summed E-state index contributed by atoms with van der Waals surface area (Å²) < 4.78 is 0.978. The summed E-state index contributed by atoms with van der Waals surface area (Å²) in [6.07, 6.45) is 0. The summed E-state index contributed by atoms with van der Waals surface area (Å²) >= 11 is 9.71. The summed E-state index contributed by atoms with van der Waals surface area (Å²) in [4.78, 5) is 0. The molecular formula is C18H15BrClN. The molecular weight excluding hydrogens is 346 g/mol. The molecule has 0 saturated heterocycles. The van der Waals surface area contributed by atoms with Crippen molar-refractivity contribution < 1.29 is 0 Å². The van der Waals surface area contributed by atoms with Crippen molar-refractivity contribution in [3.05, 3.63) is 80.8 Å². The maximum atomic E-state index is 6.56. The molecule has 1 nitrogen and oxygen atoms in total. The summed E-state index contributed by atoms with van der Waals surface area (Å²) in [6.45, 7) is 2.10. The fourth-order valence-electron chi connectivity index (χ4n) is 2.73. The van der Waals surface area contributed by atoms with Gasteiger partial charge in [-0.05, 0) is 52.6 Å². The maximum absolute atomic E-state index is 6.56. The minimum atomic E-state index is -0.218. The Morgan fingerprint density at radius 2 is 1.81 bits per heavy atom. The first-order valence-electron chi connectivity index (χ1n) is 6.76. The van der Waals surface area contributed by atoms with E-state index in [9.17, 15) is 0 Å². The SMILES string of the molecule is Cc1ccc2ccccc2c1C(N)c1cc(Cl)ccc1Br. The van der Waals surface area contributed by atoms with Crippen LogP contribution in [0.25, 0.3) is 10.8 Å². The van der Waals surface area contributed by atoms with Crippen molar-refractivity contribution >= 4 is 38.3 Å². The van der Waals surface area contributed by atoms with Crippen LogP contribution in [0.2, 0.25) is 5.02 Å². The van der Waals surface area contributed by atoms with E-state index in [4.69, 9.17) is 17.3 Å². The topological polar surface area (TPSA) is 26.0 Å². The van der Waals surface area contributed by atoms with Crippen LogP contribution in [-0.2, 0) is 0 Å². The van der Waals surface area contributed by atoms with Crippen molar-refractivity contribution in [3.63, 3.8) is 0 Å². The number of nitrogens with two attached hydrogens (primary N) is 1. The molecule has 0 saturated carbocycles. The zero-order valence-electron chi connectivity index (χ0n) is 11.6. The molecule has 2 N–H and O–H groups in total. The summed E-state index contributed by atoms with van der Waals surface area (Å²) in [6, 6.07) is 18.1. The zero-order chi connectivity index (χ0) is 15.0. The van der Waals surface area contributed by atoms with Gasteiger partial charge in [-0.2, -0.15) is 0 Å². The van der Waals surface area contributed by atoms with Crippen molar-refractivity contribution in [1.82, 2.24) is 0 Å². The van der Waals surface area contributed by atoms with E-state index in [1.807, 2.05) is 30.3 Å². The van der Waals surface area contributed by atoms with E-state index in [0.29, 0.717) is 5.02 Å². The van der Waals surface area contributed by atoms with Crippen molar-refractivity contribution in [2.24, 2.45) is 5.73 Å². The number of fused-ring (bicyclic) bond motifs is 1. The minimum Gasteiger partial charge on any atom is -0.320 e. The van der Waals surface area contributed by atoms with Crippen LogP contribution in [-0.4, -0.2) is 0 Å². The second kappa shape index (κ2) is 5.80. The van der Waals surface area contributed by atoms with Gasteiger partial charge in [0.05, 0.1) is 6.04 Å². The Kier molecular flexibility index (Phi) is 4.03. The predicted octanol–water partition coefficient (Wildman–Crippen LogP) is 5.61. The molecule has 0 aromatic heterocycles. The van der Waals surface area contributed by atoms with Gasteiger partial charge in [0.25, 0.3) is 0 Å². The highest BCUT2D eigenvalue weighted by molar-refractivity contribution is 9.10. The predicted molar refractivity (Wildman–Crippen MR) is 93.9 cm³/mol. The molecule has 3 heteroatoms. The quantitative estimate of drug-likeness (QED) is 0.631. The lowest BCUT2D eigenvalue weighted by Crippen LogP contribution is -2.14. The average molecular weight is 361 g/mol. The average Bonchev–Trinajstić information content (AvgIpc) is 2.49. The molecule has 3 aromatic carbocycles. The van der Waals surface area contributed by atoms with E-state index in [2.05, 4.69) is 47.1 Å².